The fraction of sp³-hybridized carbons (Fsp3) is 0.433. The fourth-order valence-corrected chi connectivity index (χ4v) is 5.31. The Kier molecular flexibility index (Phi) is 9.27. The third-order valence-electron chi connectivity index (χ3n) is 7.44. The van der Waals surface area contributed by atoms with Crippen molar-refractivity contribution >= 4 is 18.1 Å². The zero-order valence-corrected chi connectivity index (χ0v) is 23.4. The van der Waals surface area contributed by atoms with E-state index in [0.717, 1.165) is 24.3 Å². The van der Waals surface area contributed by atoms with E-state index in [1.807, 2.05) is 13.8 Å². The second-order valence-corrected chi connectivity index (χ2v) is 10.7. The minimum absolute atomic E-state index is 0.0197. The number of nitrogens with zero attached hydrogens (tertiary/aromatic N) is 1. The van der Waals surface area contributed by atoms with Crippen LogP contribution in [0, 0.1) is 5.92 Å². The summed E-state index contributed by atoms with van der Waals surface area (Å²) in [6, 6.07) is 5.71. The van der Waals surface area contributed by atoms with E-state index in [0.29, 0.717) is 18.3 Å². The number of hydrogen-bond acceptors (Lipinski definition) is 7. The van der Waals surface area contributed by atoms with E-state index < -0.39 is 47.7 Å². The summed E-state index contributed by atoms with van der Waals surface area (Å²) in [5.41, 5.74) is -0.0855. The molecule has 2 aromatic rings. The molecule has 4 rings (SSSR count). The zero-order chi connectivity index (χ0) is 30.8. The van der Waals surface area contributed by atoms with Crippen LogP contribution in [0.3, 0.4) is 0 Å². The number of nitrogens with one attached hydrogen (secondary N) is 1. The number of aliphatic hydroxyl groups excluding tert-OH is 2. The number of carbonyl (C=O) groups excluding carboxylic acids is 3. The van der Waals surface area contributed by atoms with E-state index in [2.05, 4.69) is 5.32 Å². The molecule has 1 aliphatic carbocycles. The molecule has 9 nitrogen and oxygen atoms in total. The van der Waals surface area contributed by atoms with Gasteiger partial charge in [0, 0.05) is 35.4 Å². The van der Waals surface area contributed by atoms with Crippen molar-refractivity contribution in [2.24, 2.45) is 5.92 Å². The summed E-state index contributed by atoms with van der Waals surface area (Å²) in [4.78, 5) is 40.1. The summed E-state index contributed by atoms with van der Waals surface area (Å²) in [5, 5.41) is 23.6. The Labute approximate surface area is 240 Å². The van der Waals surface area contributed by atoms with Gasteiger partial charge in [-0.2, -0.15) is 13.2 Å². The first-order valence-electron chi connectivity index (χ1n) is 13.5. The van der Waals surface area contributed by atoms with Crippen molar-refractivity contribution in [3.63, 3.8) is 0 Å². The maximum Gasteiger partial charge on any atom is 0.416 e. The van der Waals surface area contributed by atoms with Gasteiger partial charge >= 0.3 is 6.18 Å². The van der Waals surface area contributed by atoms with E-state index in [4.69, 9.17) is 9.47 Å². The highest BCUT2D eigenvalue weighted by molar-refractivity contribution is 5.98. The second kappa shape index (κ2) is 12.5. The van der Waals surface area contributed by atoms with Gasteiger partial charge in [-0.15, -0.1) is 0 Å². The quantitative estimate of drug-likeness (QED) is 0.363. The molecular weight excluding hydrogens is 557 g/mol. The van der Waals surface area contributed by atoms with Crippen molar-refractivity contribution < 1.29 is 47.2 Å². The number of aldehydes is 1. The van der Waals surface area contributed by atoms with Crippen molar-refractivity contribution in [1.29, 1.82) is 0 Å². The van der Waals surface area contributed by atoms with Crippen LogP contribution < -0.4 is 14.8 Å². The number of amides is 2. The summed E-state index contributed by atoms with van der Waals surface area (Å²) in [7, 11) is 1.38. The number of carbonyl (C=O) groups is 3. The normalized spacial score (nSPS) is 21.1. The van der Waals surface area contributed by atoms with E-state index in [-0.39, 0.29) is 53.8 Å². The van der Waals surface area contributed by atoms with Crippen LogP contribution in [0.25, 0.3) is 0 Å². The second-order valence-electron chi connectivity index (χ2n) is 10.7. The Morgan fingerprint density at radius 2 is 1.88 bits per heavy atom. The molecule has 0 radical (unpaired) electrons. The Balaban J connectivity index is 1.81. The molecule has 42 heavy (non-hydrogen) atoms. The van der Waals surface area contributed by atoms with Crippen molar-refractivity contribution in [3.05, 3.63) is 70.3 Å². The third kappa shape index (κ3) is 6.14. The minimum atomic E-state index is -4.58. The van der Waals surface area contributed by atoms with Gasteiger partial charge in [0.05, 0.1) is 31.2 Å². The lowest BCUT2D eigenvalue weighted by Gasteiger charge is -2.41. The van der Waals surface area contributed by atoms with Gasteiger partial charge in [0.25, 0.3) is 5.91 Å². The first-order valence-corrected chi connectivity index (χ1v) is 13.5. The molecule has 2 amide bonds. The lowest BCUT2D eigenvalue weighted by atomic mass is 9.77. The number of halogens is 3. The lowest BCUT2D eigenvalue weighted by molar-refractivity contribution is -0.137. The van der Waals surface area contributed by atoms with Gasteiger partial charge in [0.15, 0.2) is 11.5 Å². The molecule has 12 heteroatoms. The monoisotopic (exact) mass is 590 g/mol. The molecule has 0 saturated heterocycles. The Morgan fingerprint density at radius 1 is 1.19 bits per heavy atom. The number of fused-ring (bicyclic) bond motifs is 3. The Bertz CT molecular complexity index is 1360. The molecule has 0 aromatic heterocycles. The van der Waals surface area contributed by atoms with Gasteiger partial charge in [-0.3, -0.25) is 14.4 Å². The maximum absolute atomic E-state index is 13.8. The number of rotatable bonds is 10. The highest BCUT2D eigenvalue weighted by atomic mass is 19.4. The minimum Gasteiger partial charge on any atom is -0.493 e. The number of aliphatic hydroxyl groups is 2. The van der Waals surface area contributed by atoms with Gasteiger partial charge in [-0.25, -0.2) is 0 Å². The fourth-order valence-electron chi connectivity index (χ4n) is 5.31. The molecule has 2 aliphatic rings. The van der Waals surface area contributed by atoms with Gasteiger partial charge in [0.1, 0.15) is 18.5 Å². The number of hydrogen-bond donors (Lipinski definition) is 3. The molecule has 0 bridgehead atoms. The lowest BCUT2D eigenvalue weighted by Crippen LogP contribution is -2.56. The van der Waals surface area contributed by atoms with E-state index in [1.165, 1.54) is 24.2 Å². The van der Waals surface area contributed by atoms with Crippen LogP contribution in [-0.2, 0) is 11.0 Å². The number of benzene rings is 2. The summed E-state index contributed by atoms with van der Waals surface area (Å²) >= 11 is 0. The van der Waals surface area contributed by atoms with Crippen molar-refractivity contribution in [3.8, 4) is 11.5 Å². The molecule has 0 saturated carbocycles. The van der Waals surface area contributed by atoms with Gasteiger partial charge < -0.3 is 29.9 Å². The summed E-state index contributed by atoms with van der Waals surface area (Å²) in [6.45, 7) is 3.61. The van der Waals surface area contributed by atoms with Crippen LogP contribution in [-0.4, -0.2) is 78.3 Å². The van der Waals surface area contributed by atoms with E-state index in [1.54, 1.807) is 6.07 Å². The van der Waals surface area contributed by atoms with Crippen LogP contribution in [0.4, 0.5) is 13.2 Å². The number of ether oxygens (including phenoxy) is 2. The highest BCUT2D eigenvalue weighted by Gasteiger charge is 2.51. The average molecular weight is 591 g/mol. The Morgan fingerprint density at radius 3 is 2.45 bits per heavy atom. The molecular formula is C30H33F3N2O7. The summed E-state index contributed by atoms with van der Waals surface area (Å²) in [6.07, 6.45) is -4.44. The summed E-state index contributed by atoms with van der Waals surface area (Å²) < 4.78 is 51.0. The predicted molar refractivity (Wildman–Crippen MR) is 145 cm³/mol. The molecule has 226 valence electrons. The Hall–Kier alpha value is -3.90. The number of methoxy groups -OCH3 is 1. The summed E-state index contributed by atoms with van der Waals surface area (Å²) in [5.74, 6) is -1.45. The van der Waals surface area contributed by atoms with Crippen LogP contribution in [0.2, 0.25) is 0 Å². The molecule has 4 atom stereocenters. The maximum atomic E-state index is 13.8. The molecule has 2 aromatic carbocycles. The average Bonchev–Trinajstić information content (AvgIpc) is 3.35. The van der Waals surface area contributed by atoms with E-state index in [9.17, 15) is 37.8 Å². The predicted octanol–water partition coefficient (Wildman–Crippen LogP) is 3.34. The number of alkyl halides is 3. The van der Waals surface area contributed by atoms with Crippen LogP contribution in [0.5, 0.6) is 11.5 Å². The SMILES string of the molecule is COc1cc(C=O)cc2c1O[C@@H]1[C@@H](O)[C@H](N(CCC(C)C)C(=O)c3ccc(C(F)(F)F)cc3)C=C(C(=O)NCCO)[C@H]21. The van der Waals surface area contributed by atoms with Crippen molar-refractivity contribution in [2.45, 2.75) is 50.6 Å². The van der Waals surface area contributed by atoms with Crippen LogP contribution >= 0.6 is 0 Å². The molecule has 1 aliphatic heterocycles. The largest absolute Gasteiger partial charge is 0.493 e. The highest BCUT2D eigenvalue weighted by Crippen LogP contribution is 2.51. The molecule has 3 N–H and O–H groups in total. The van der Waals surface area contributed by atoms with Gasteiger partial charge in [-0.05, 0) is 54.8 Å². The first kappa shape index (κ1) is 31.0. The van der Waals surface area contributed by atoms with Crippen molar-refractivity contribution in [1.82, 2.24) is 10.2 Å². The van der Waals surface area contributed by atoms with Crippen LogP contribution in [0.15, 0.2) is 48.0 Å². The molecule has 0 spiro atoms. The third-order valence-corrected chi connectivity index (χ3v) is 7.44. The molecule has 0 unspecified atom stereocenters. The standard InChI is InChI=1S/C30H33F3N2O7/c1-16(2)8-10-35(29(40)18-4-6-19(7-5-18)30(31,32)33)22-14-21(28(39)34-9-11-36)24-20-12-17(15-37)13-23(41-3)26(20)42-27(24)25(22)38/h4-7,12-16,22,24-25,27,36,38H,8-11H2,1-3H3,(H,34,39)/t22-,24+,25+,27+/m1/s1. The molecule has 1 heterocycles. The zero-order valence-electron chi connectivity index (χ0n) is 23.4. The topological polar surface area (TPSA) is 125 Å². The molecule has 0 fully saturated rings. The van der Waals surface area contributed by atoms with Gasteiger partial charge in [-0.1, -0.05) is 13.8 Å². The smallest absolute Gasteiger partial charge is 0.416 e. The first-order chi connectivity index (χ1) is 19.9. The van der Waals surface area contributed by atoms with Crippen molar-refractivity contribution in [2.75, 3.05) is 26.8 Å². The van der Waals surface area contributed by atoms with Crippen LogP contribution in [0.1, 0.15) is 58.0 Å². The van der Waals surface area contributed by atoms with E-state index >= 15 is 0 Å². The van der Waals surface area contributed by atoms with Gasteiger partial charge in [0.2, 0.25) is 5.91 Å².